The van der Waals surface area contributed by atoms with E-state index in [-0.39, 0.29) is 18.3 Å². The second-order valence-corrected chi connectivity index (χ2v) is 6.06. The molecule has 0 bridgehead atoms. The minimum Gasteiger partial charge on any atom is -0.494 e. The molecule has 1 N–H and O–H groups in total. The first kappa shape index (κ1) is 19.8. The number of piperidine rings is 1. The Labute approximate surface area is 146 Å². The van der Waals surface area contributed by atoms with Crippen molar-refractivity contribution < 1.29 is 9.53 Å². The predicted octanol–water partition coefficient (Wildman–Crippen LogP) is 3.25. The van der Waals surface area contributed by atoms with E-state index < -0.39 is 0 Å². The SMILES string of the molecule is CCOc1ccc(CN(C)C(=O)CCC2CCNCC2)cc1.Cl. The number of hydrogen-bond acceptors (Lipinski definition) is 3. The fourth-order valence-corrected chi connectivity index (χ4v) is 2.91. The van der Waals surface area contributed by atoms with Crippen LogP contribution in [0, 0.1) is 5.92 Å². The van der Waals surface area contributed by atoms with Crippen LogP contribution in [-0.4, -0.2) is 37.6 Å². The third-order valence-electron chi connectivity index (χ3n) is 4.31. The van der Waals surface area contributed by atoms with Crippen molar-refractivity contribution in [3.05, 3.63) is 29.8 Å². The summed E-state index contributed by atoms with van der Waals surface area (Å²) in [5.74, 6) is 1.84. The number of carbonyl (C=O) groups excluding carboxylic acids is 1. The van der Waals surface area contributed by atoms with Crippen molar-refractivity contribution in [2.45, 2.75) is 39.2 Å². The molecule has 5 heteroatoms. The summed E-state index contributed by atoms with van der Waals surface area (Å²) in [5, 5.41) is 3.37. The van der Waals surface area contributed by atoms with Crippen LogP contribution in [0.1, 0.15) is 38.2 Å². The van der Waals surface area contributed by atoms with Gasteiger partial charge in [-0.15, -0.1) is 12.4 Å². The molecule has 1 aromatic rings. The lowest BCUT2D eigenvalue weighted by molar-refractivity contribution is -0.130. The zero-order chi connectivity index (χ0) is 15.8. The molecule has 1 aliphatic rings. The number of hydrogen-bond donors (Lipinski definition) is 1. The van der Waals surface area contributed by atoms with Crippen molar-refractivity contribution in [2.75, 3.05) is 26.7 Å². The average molecular weight is 341 g/mol. The highest BCUT2D eigenvalue weighted by molar-refractivity contribution is 5.85. The molecule has 0 aromatic heterocycles. The smallest absolute Gasteiger partial charge is 0.222 e. The van der Waals surface area contributed by atoms with E-state index in [0.717, 1.165) is 30.8 Å². The fraction of sp³-hybridized carbons (Fsp3) is 0.611. The lowest BCUT2D eigenvalue weighted by atomic mass is 9.93. The molecule has 23 heavy (non-hydrogen) atoms. The van der Waals surface area contributed by atoms with E-state index >= 15 is 0 Å². The van der Waals surface area contributed by atoms with Crippen LogP contribution in [0.3, 0.4) is 0 Å². The number of ether oxygens (including phenoxy) is 1. The molecule has 0 unspecified atom stereocenters. The maximum Gasteiger partial charge on any atom is 0.222 e. The lowest BCUT2D eigenvalue weighted by Crippen LogP contribution is -2.30. The molecule has 4 nitrogen and oxygen atoms in total. The quantitative estimate of drug-likeness (QED) is 0.828. The van der Waals surface area contributed by atoms with Gasteiger partial charge in [0.2, 0.25) is 5.91 Å². The molecule has 0 saturated carbocycles. The van der Waals surface area contributed by atoms with Crippen LogP contribution in [0.2, 0.25) is 0 Å². The molecular formula is C18H29ClN2O2. The van der Waals surface area contributed by atoms with Gasteiger partial charge in [-0.05, 0) is 62.9 Å². The number of nitrogens with one attached hydrogen (secondary N) is 1. The van der Waals surface area contributed by atoms with Crippen LogP contribution in [0.25, 0.3) is 0 Å². The van der Waals surface area contributed by atoms with Crippen LogP contribution in [0.5, 0.6) is 5.75 Å². The minimum atomic E-state index is 0. The van der Waals surface area contributed by atoms with Gasteiger partial charge in [-0.1, -0.05) is 12.1 Å². The predicted molar refractivity (Wildman–Crippen MR) is 96.2 cm³/mol. The molecule has 2 rings (SSSR count). The molecule has 1 aliphatic heterocycles. The molecule has 1 amide bonds. The Balaban J connectivity index is 0.00000264. The van der Waals surface area contributed by atoms with Crippen LogP contribution in [0.15, 0.2) is 24.3 Å². The van der Waals surface area contributed by atoms with E-state index in [2.05, 4.69) is 5.32 Å². The van der Waals surface area contributed by atoms with E-state index in [1.165, 1.54) is 12.8 Å². The number of carbonyl (C=O) groups is 1. The van der Waals surface area contributed by atoms with Crippen LogP contribution in [-0.2, 0) is 11.3 Å². The maximum atomic E-state index is 12.2. The van der Waals surface area contributed by atoms with E-state index in [1.54, 1.807) is 0 Å². The van der Waals surface area contributed by atoms with Crippen molar-refractivity contribution in [1.82, 2.24) is 10.2 Å². The zero-order valence-electron chi connectivity index (χ0n) is 14.2. The highest BCUT2D eigenvalue weighted by Crippen LogP contribution is 2.19. The van der Waals surface area contributed by atoms with Gasteiger partial charge in [-0.25, -0.2) is 0 Å². The molecular weight excluding hydrogens is 312 g/mol. The first-order chi connectivity index (χ1) is 10.7. The molecule has 1 fully saturated rings. The Hall–Kier alpha value is -1.26. The molecule has 1 saturated heterocycles. The van der Waals surface area contributed by atoms with Gasteiger partial charge in [0.1, 0.15) is 5.75 Å². The van der Waals surface area contributed by atoms with Gasteiger partial charge in [-0.3, -0.25) is 4.79 Å². The Morgan fingerprint density at radius 2 is 1.91 bits per heavy atom. The number of rotatable bonds is 7. The van der Waals surface area contributed by atoms with E-state index in [0.29, 0.717) is 25.5 Å². The maximum absolute atomic E-state index is 12.2. The Bertz CT molecular complexity index is 459. The average Bonchev–Trinajstić information content (AvgIpc) is 2.55. The monoisotopic (exact) mass is 340 g/mol. The highest BCUT2D eigenvalue weighted by atomic mass is 35.5. The third-order valence-corrected chi connectivity index (χ3v) is 4.31. The topological polar surface area (TPSA) is 41.6 Å². The molecule has 1 aromatic carbocycles. The first-order valence-corrected chi connectivity index (χ1v) is 8.35. The number of nitrogens with zero attached hydrogens (tertiary/aromatic N) is 1. The zero-order valence-corrected chi connectivity index (χ0v) is 15.0. The number of halogens is 1. The van der Waals surface area contributed by atoms with E-state index in [1.807, 2.05) is 43.1 Å². The van der Waals surface area contributed by atoms with E-state index in [9.17, 15) is 4.79 Å². The van der Waals surface area contributed by atoms with Crippen LogP contribution in [0.4, 0.5) is 0 Å². The van der Waals surface area contributed by atoms with Gasteiger partial charge in [0.15, 0.2) is 0 Å². The van der Waals surface area contributed by atoms with Crippen LogP contribution < -0.4 is 10.1 Å². The summed E-state index contributed by atoms with van der Waals surface area (Å²) in [6.45, 7) is 5.51. The summed E-state index contributed by atoms with van der Waals surface area (Å²) >= 11 is 0. The van der Waals surface area contributed by atoms with Crippen molar-refractivity contribution in [2.24, 2.45) is 5.92 Å². The molecule has 0 atom stereocenters. The molecule has 1 heterocycles. The Kier molecular flexibility index (Phi) is 9.03. The summed E-state index contributed by atoms with van der Waals surface area (Å²) in [7, 11) is 1.89. The van der Waals surface area contributed by atoms with Crippen molar-refractivity contribution in [1.29, 1.82) is 0 Å². The number of benzene rings is 1. The van der Waals surface area contributed by atoms with Crippen LogP contribution >= 0.6 is 12.4 Å². The Morgan fingerprint density at radius 3 is 2.52 bits per heavy atom. The molecule has 0 aliphatic carbocycles. The van der Waals surface area contributed by atoms with Gasteiger partial charge < -0.3 is 15.0 Å². The standard InChI is InChI=1S/C18H28N2O2.ClH/c1-3-22-17-7-4-16(5-8-17)14-20(2)18(21)9-6-15-10-12-19-13-11-15;/h4-5,7-8,15,19H,3,6,9-14H2,1-2H3;1H. The van der Waals surface area contributed by atoms with E-state index in [4.69, 9.17) is 4.74 Å². The molecule has 0 spiro atoms. The third kappa shape index (κ3) is 6.80. The summed E-state index contributed by atoms with van der Waals surface area (Å²) in [6.07, 6.45) is 4.10. The van der Waals surface area contributed by atoms with Gasteiger partial charge in [0, 0.05) is 20.0 Å². The van der Waals surface area contributed by atoms with Gasteiger partial charge in [0.25, 0.3) is 0 Å². The summed E-state index contributed by atoms with van der Waals surface area (Å²) < 4.78 is 5.43. The summed E-state index contributed by atoms with van der Waals surface area (Å²) in [5.41, 5.74) is 1.14. The van der Waals surface area contributed by atoms with Crippen molar-refractivity contribution >= 4 is 18.3 Å². The summed E-state index contributed by atoms with van der Waals surface area (Å²) in [4.78, 5) is 14.1. The lowest BCUT2D eigenvalue weighted by Gasteiger charge is -2.23. The second-order valence-electron chi connectivity index (χ2n) is 6.06. The summed E-state index contributed by atoms with van der Waals surface area (Å²) in [6, 6.07) is 7.99. The first-order valence-electron chi connectivity index (χ1n) is 8.35. The second kappa shape index (κ2) is 10.5. The van der Waals surface area contributed by atoms with Crippen molar-refractivity contribution in [3.63, 3.8) is 0 Å². The number of amides is 1. The van der Waals surface area contributed by atoms with Gasteiger partial charge >= 0.3 is 0 Å². The molecule has 130 valence electrons. The largest absolute Gasteiger partial charge is 0.494 e. The van der Waals surface area contributed by atoms with Gasteiger partial charge in [-0.2, -0.15) is 0 Å². The Morgan fingerprint density at radius 1 is 1.26 bits per heavy atom. The van der Waals surface area contributed by atoms with Crippen molar-refractivity contribution in [3.8, 4) is 5.75 Å². The molecule has 0 radical (unpaired) electrons. The fourth-order valence-electron chi connectivity index (χ4n) is 2.91. The minimum absolute atomic E-state index is 0. The van der Waals surface area contributed by atoms with Gasteiger partial charge in [0.05, 0.1) is 6.61 Å². The highest BCUT2D eigenvalue weighted by Gasteiger charge is 2.16. The normalized spacial score (nSPS) is 14.9.